The summed E-state index contributed by atoms with van der Waals surface area (Å²) in [5.41, 5.74) is 0.00141. The van der Waals surface area contributed by atoms with Crippen molar-refractivity contribution in [1.29, 1.82) is 0 Å². The zero-order valence-corrected chi connectivity index (χ0v) is 10.7. The minimum atomic E-state index is -0.702. The van der Waals surface area contributed by atoms with E-state index in [0.29, 0.717) is 24.6 Å². The molecule has 6 heteroatoms. The number of halogens is 4. The van der Waals surface area contributed by atoms with Gasteiger partial charge in [0.15, 0.2) is 11.7 Å². The van der Waals surface area contributed by atoms with Crippen LogP contribution in [-0.4, -0.2) is 10.9 Å². The summed E-state index contributed by atoms with van der Waals surface area (Å²) in [5.74, 6) is -0.247. The predicted molar refractivity (Wildman–Crippen MR) is 65.9 cm³/mol. The molecule has 18 heavy (non-hydrogen) atoms. The summed E-state index contributed by atoms with van der Waals surface area (Å²) >= 11 is 11.0. The fourth-order valence-corrected chi connectivity index (χ4v) is 1.76. The summed E-state index contributed by atoms with van der Waals surface area (Å²) in [6.07, 6.45) is 2.62. The highest BCUT2D eigenvalue weighted by atomic mass is 35.5. The Morgan fingerprint density at radius 1 is 1.22 bits per heavy atom. The Morgan fingerprint density at radius 2 is 2.00 bits per heavy atom. The van der Waals surface area contributed by atoms with Crippen molar-refractivity contribution >= 4 is 23.2 Å². The zero-order chi connectivity index (χ0) is 13.1. The molecule has 2 rings (SSSR count). The Hall–Kier alpha value is -1.13. The molecule has 0 aliphatic carbocycles. The molecule has 0 atom stereocenters. The average Bonchev–Trinajstić information content (AvgIpc) is 2.79. The smallest absolute Gasteiger partial charge is 0.194 e. The van der Waals surface area contributed by atoms with Crippen LogP contribution in [0.5, 0.6) is 0 Å². The number of aryl methyl sites for hydroxylation is 1. The van der Waals surface area contributed by atoms with Crippen molar-refractivity contribution < 1.29 is 13.2 Å². The normalized spacial score (nSPS) is 10.9. The molecule has 2 aromatic rings. The molecule has 0 fully saturated rings. The van der Waals surface area contributed by atoms with Gasteiger partial charge in [-0.1, -0.05) is 11.6 Å². The van der Waals surface area contributed by atoms with Crippen molar-refractivity contribution in [3.63, 3.8) is 0 Å². The maximum absolute atomic E-state index is 13.6. The number of benzene rings is 1. The van der Waals surface area contributed by atoms with Crippen LogP contribution in [0.4, 0.5) is 8.78 Å². The second-order valence-corrected chi connectivity index (χ2v) is 4.44. The first-order chi connectivity index (χ1) is 8.61. The molecule has 96 valence electrons. The Kier molecular flexibility index (Phi) is 4.19. The molecule has 0 saturated heterocycles. The van der Waals surface area contributed by atoms with Crippen molar-refractivity contribution in [3.8, 4) is 11.3 Å². The first kappa shape index (κ1) is 13.3. The third-order valence-corrected chi connectivity index (χ3v) is 2.91. The van der Waals surface area contributed by atoms with Gasteiger partial charge in [-0.25, -0.2) is 13.8 Å². The van der Waals surface area contributed by atoms with E-state index in [1.54, 1.807) is 0 Å². The van der Waals surface area contributed by atoms with Gasteiger partial charge in [0.05, 0.1) is 16.8 Å². The summed E-state index contributed by atoms with van der Waals surface area (Å²) in [7, 11) is 0. The number of oxazole rings is 1. The minimum absolute atomic E-state index is 0.00141. The molecule has 0 radical (unpaired) electrons. The van der Waals surface area contributed by atoms with Crippen LogP contribution in [0.2, 0.25) is 5.02 Å². The minimum Gasteiger partial charge on any atom is -0.441 e. The highest BCUT2D eigenvalue weighted by Gasteiger charge is 2.14. The zero-order valence-electron chi connectivity index (χ0n) is 9.22. The Morgan fingerprint density at radius 3 is 2.72 bits per heavy atom. The Bertz CT molecular complexity index is 557. The fourth-order valence-electron chi connectivity index (χ4n) is 1.48. The third kappa shape index (κ3) is 2.82. The highest BCUT2D eigenvalue weighted by molar-refractivity contribution is 6.30. The standard InChI is InChI=1S/C12H9Cl2F2NO/c13-3-1-2-12-17-6-11(18-12)7-4-10(16)8(14)5-9(7)15/h4-6H,1-3H2. The molecule has 0 aliphatic heterocycles. The predicted octanol–water partition coefficient (Wildman–Crippen LogP) is 4.44. The van der Waals surface area contributed by atoms with E-state index < -0.39 is 11.6 Å². The number of hydrogen-bond acceptors (Lipinski definition) is 2. The highest BCUT2D eigenvalue weighted by Crippen LogP contribution is 2.28. The monoisotopic (exact) mass is 291 g/mol. The SMILES string of the molecule is Fc1cc(-c2cnc(CCCCl)o2)c(F)cc1Cl. The van der Waals surface area contributed by atoms with Crippen LogP contribution in [0, 0.1) is 11.6 Å². The first-order valence-electron chi connectivity index (χ1n) is 5.27. The quantitative estimate of drug-likeness (QED) is 0.615. The van der Waals surface area contributed by atoms with Gasteiger partial charge < -0.3 is 4.42 Å². The molecular weight excluding hydrogens is 283 g/mol. The molecule has 0 unspecified atom stereocenters. The second-order valence-electron chi connectivity index (χ2n) is 3.66. The van der Waals surface area contributed by atoms with Crippen LogP contribution in [0.25, 0.3) is 11.3 Å². The van der Waals surface area contributed by atoms with Crippen LogP contribution in [0.15, 0.2) is 22.7 Å². The van der Waals surface area contributed by atoms with E-state index in [2.05, 4.69) is 4.98 Å². The lowest BCUT2D eigenvalue weighted by Crippen LogP contribution is -1.87. The van der Waals surface area contributed by atoms with E-state index in [1.807, 2.05) is 0 Å². The second kappa shape index (κ2) is 5.67. The van der Waals surface area contributed by atoms with Gasteiger partial charge >= 0.3 is 0 Å². The summed E-state index contributed by atoms with van der Waals surface area (Å²) in [5, 5.41) is -0.266. The number of nitrogens with zero attached hydrogens (tertiary/aromatic N) is 1. The summed E-state index contributed by atoms with van der Waals surface area (Å²) in [4.78, 5) is 3.98. The molecule has 1 heterocycles. The maximum Gasteiger partial charge on any atom is 0.194 e. The molecule has 0 spiro atoms. The van der Waals surface area contributed by atoms with Gasteiger partial charge in [-0.2, -0.15) is 0 Å². The largest absolute Gasteiger partial charge is 0.441 e. The van der Waals surface area contributed by atoms with Crippen LogP contribution in [0.3, 0.4) is 0 Å². The van der Waals surface area contributed by atoms with Gasteiger partial charge in [0.2, 0.25) is 0 Å². The number of alkyl halides is 1. The van der Waals surface area contributed by atoms with E-state index in [4.69, 9.17) is 27.6 Å². The van der Waals surface area contributed by atoms with E-state index >= 15 is 0 Å². The molecule has 0 bridgehead atoms. The number of hydrogen-bond donors (Lipinski definition) is 0. The van der Waals surface area contributed by atoms with Gasteiger partial charge in [-0.05, 0) is 18.6 Å². The summed E-state index contributed by atoms with van der Waals surface area (Å²) < 4.78 is 32.2. The molecule has 0 aliphatic rings. The number of rotatable bonds is 4. The summed E-state index contributed by atoms with van der Waals surface area (Å²) in [6, 6.07) is 1.90. The van der Waals surface area contributed by atoms with Crippen LogP contribution in [-0.2, 0) is 6.42 Å². The van der Waals surface area contributed by atoms with Crippen molar-refractivity contribution in [2.45, 2.75) is 12.8 Å². The first-order valence-corrected chi connectivity index (χ1v) is 6.18. The molecule has 1 aromatic carbocycles. The third-order valence-electron chi connectivity index (χ3n) is 2.35. The van der Waals surface area contributed by atoms with Crippen molar-refractivity contribution in [2.75, 3.05) is 5.88 Å². The van der Waals surface area contributed by atoms with E-state index in [9.17, 15) is 8.78 Å². The van der Waals surface area contributed by atoms with Crippen LogP contribution in [0.1, 0.15) is 12.3 Å². The van der Waals surface area contributed by atoms with Gasteiger partial charge in [0, 0.05) is 12.3 Å². The molecule has 0 amide bonds. The molecule has 2 nitrogen and oxygen atoms in total. The van der Waals surface area contributed by atoms with Gasteiger partial charge in [-0.3, -0.25) is 0 Å². The van der Waals surface area contributed by atoms with E-state index in [1.165, 1.54) is 6.20 Å². The molecular formula is C12H9Cl2F2NO. The lowest BCUT2D eigenvalue weighted by atomic mass is 10.1. The van der Waals surface area contributed by atoms with Gasteiger partial charge in [0.1, 0.15) is 11.6 Å². The van der Waals surface area contributed by atoms with Crippen molar-refractivity contribution in [3.05, 3.63) is 40.9 Å². The Balaban J connectivity index is 2.31. The van der Waals surface area contributed by atoms with Crippen LogP contribution >= 0.6 is 23.2 Å². The van der Waals surface area contributed by atoms with Crippen molar-refractivity contribution in [2.24, 2.45) is 0 Å². The lowest BCUT2D eigenvalue weighted by Gasteiger charge is -2.01. The van der Waals surface area contributed by atoms with E-state index in [-0.39, 0.29) is 16.3 Å². The molecule has 1 aromatic heterocycles. The fraction of sp³-hybridized carbons (Fsp3) is 0.250. The van der Waals surface area contributed by atoms with E-state index in [0.717, 1.165) is 12.1 Å². The van der Waals surface area contributed by atoms with Gasteiger partial charge in [-0.15, -0.1) is 11.6 Å². The van der Waals surface area contributed by atoms with Crippen molar-refractivity contribution in [1.82, 2.24) is 4.98 Å². The topological polar surface area (TPSA) is 26.0 Å². The average molecular weight is 292 g/mol. The van der Waals surface area contributed by atoms with Crippen LogP contribution < -0.4 is 0 Å². The molecule has 0 N–H and O–H groups in total. The molecule has 0 saturated carbocycles. The lowest BCUT2D eigenvalue weighted by molar-refractivity contribution is 0.498. The Labute approximate surface area is 113 Å². The maximum atomic E-state index is 13.6. The summed E-state index contributed by atoms with van der Waals surface area (Å²) in [6.45, 7) is 0. The number of aromatic nitrogens is 1. The van der Waals surface area contributed by atoms with Gasteiger partial charge in [0.25, 0.3) is 0 Å².